The third-order valence-corrected chi connectivity index (χ3v) is 2.33. The molecular weight excluding hydrogens is 220 g/mol. The molecule has 2 amide bonds. The molecule has 2 unspecified atom stereocenters. The first-order chi connectivity index (χ1) is 7.86. The molecule has 0 aromatic rings. The SMILES string of the molecule is C=CC(C)NC(=O)NCC(CC(C)C)C(=O)O. The summed E-state index contributed by atoms with van der Waals surface area (Å²) < 4.78 is 0. The van der Waals surface area contributed by atoms with Crippen LogP contribution in [0.25, 0.3) is 0 Å². The number of carboxylic acid groups (broad SMARTS) is 1. The number of aliphatic carboxylic acids is 1. The van der Waals surface area contributed by atoms with E-state index in [1.807, 2.05) is 13.8 Å². The fourth-order valence-electron chi connectivity index (χ4n) is 1.37. The molecule has 0 radical (unpaired) electrons. The van der Waals surface area contributed by atoms with E-state index in [1.54, 1.807) is 13.0 Å². The van der Waals surface area contributed by atoms with Crippen molar-refractivity contribution in [1.29, 1.82) is 0 Å². The molecule has 0 aliphatic heterocycles. The molecule has 0 saturated carbocycles. The van der Waals surface area contributed by atoms with Crippen LogP contribution >= 0.6 is 0 Å². The van der Waals surface area contributed by atoms with Crippen LogP contribution in [-0.2, 0) is 4.79 Å². The van der Waals surface area contributed by atoms with Gasteiger partial charge in [-0.15, -0.1) is 6.58 Å². The van der Waals surface area contributed by atoms with Crippen LogP contribution in [0.4, 0.5) is 4.79 Å². The van der Waals surface area contributed by atoms with Crippen molar-refractivity contribution in [3.63, 3.8) is 0 Å². The molecule has 0 heterocycles. The quantitative estimate of drug-likeness (QED) is 0.593. The van der Waals surface area contributed by atoms with Gasteiger partial charge in [0.15, 0.2) is 0 Å². The number of amides is 2. The average Bonchev–Trinajstić information content (AvgIpc) is 2.23. The van der Waals surface area contributed by atoms with Gasteiger partial charge in [-0.05, 0) is 19.3 Å². The van der Waals surface area contributed by atoms with Gasteiger partial charge in [0.1, 0.15) is 0 Å². The third-order valence-electron chi connectivity index (χ3n) is 2.33. The molecule has 0 aromatic heterocycles. The summed E-state index contributed by atoms with van der Waals surface area (Å²) in [6.07, 6.45) is 2.15. The van der Waals surface area contributed by atoms with Crippen LogP contribution in [0.3, 0.4) is 0 Å². The van der Waals surface area contributed by atoms with Gasteiger partial charge < -0.3 is 15.7 Å². The minimum Gasteiger partial charge on any atom is -0.481 e. The van der Waals surface area contributed by atoms with Crippen molar-refractivity contribution >= 4 is 12.0 Å². The van der Waals surface area contributed by atoms with Crippen LogP contribution in [0.5, 0.6) is 0 Å². The number of carboxylic acids is 1. The topological polar surface area (TPSA) is 78.4 Å². The van der Waals surface area contributed by atoms with Crippen LogP contribution in [0.15, 0.2) is 12.7 Å². The molecule has 0 aliphatic carbocycles. The summed E-state index contributed by atoms with van der Waals surface area (Å²) in [4.78, 5) is 22.3. The summed E-state index contributed by atoms with van der Waals surface area (Å²) in [5.41, 5.74) is 0. The Labute approximate surface area is 102 Å². The Morgan fingerprint density at radius 3 is 2.35 bits per heavy atom. The van der Waals surface area contributed by atoms with Crippen molar-refractivity contribution < 1.29 is 14.7 Å². The van der Waals surface area contributed by atoms with Gasteiger partial charge in [-0.1, -0.05) is 19.9 Å². The lowest BCUT2D eigenvalue weighted by Crippen LogP contribution is -2.43. The van der Waals surface area contributed by atoms with Crippen molar-refractivity contribution in [2.45, 2.75) is 33.2 Å². The van der Waals surface area contributed by atoms with E-state index in [1.165, 1.54) is 0 Å². The Morgan fingerprint density at radius 1 is 1.35 bits per heavy atom. The van der Waals surface area contributed by atoms with Gasteiger partial charge in [0.2, 0.25) is 0 Å². The van der Waals surface area contributed by atoms with E-state index in [2.05, 4.69) is 17.2 Å². The number of urea groups is 1. The van der Waals surface area contributed by atoms with Gasteiger partial charge in [0, 0.05) is 12.6 Å². The molecule has 98 valence electrons. The fraction of sp³-hybridized carbons (Fsp3) is 0.667. The molecule has 5 nitrogen and oxygen atoms in total. The molecule has 3 N–H and O–H groups in total. The maximum Gasteiger partial charge on any atom is 0.315 e. The van der Waals surface area contributed by atoms with E-state index in [-0.39, 0.29) is 24.5 Å². The zero-order chi connectivity index (χ0) is 13.4. The summed E-state index contributed by atoms with van der Waals surface area (Å²) in [5.74, 6) is -1.14. The Balaban J connectivity index is 4.08. The van der Waals surface area contributed by atoms with Crippen molar-refractivity contribution in [3.05, 3.63) is 12.7 Å². The van der Waals surface area contributed by atoms with Crippen LogP contribution in [0.2, 0.25) is 0 Å². The highest BCUT2D eigenvalue weighted by molar-refractivity contribution is 5.76. The maximum atomic E-state index is 11.4. The first-order valence-corrected chi connectivity index (χ1v) is 5.76. The van der Waals surface area contributed by atoms with Gasteiger partial charge in [0.25, 0.3) is 0 Å². The van der Waals surface area contributed by atoms with Crippen molar-refractivity contribution in [3.8, 4) is 0 Å². The lowest BCUT2D eigenvalue weighted by molar-refractivity contribution is -0.142. The molecule has 0 aromatic carbocycles. The third kappa shape index (κ3) is 7.38. The number of nitrogens with one attached hydrogen (secondary N) is 2. The van der Waals surface area contributed by atoms with Crippen LogP contribution in [0.1, 0.15) is 27.2 Å². The summed E-state index contributed by atoms with van der Waals surface area (Å²) in [5, 5.41) is 14.1. The van der Waals surface area contributed by atoms with E-state index in [0.717, 1.165) is 0 Å². The molecule has 0 rings (SSSR count). The smallest absolute Gasteiger partial charge is 0.315 e. The number of carbonyl (C=O) groups excluding carboxylic acids is 1. The van der Waals surface area contributed by atoms with Crippen molar-refractivity contribution in [1.82, 2.24) is 10.6 Å². The Kier molecular flexibility index (Phi) is 7.02. The van der Waals surface area contributed by atoms with Gasteiger partial charge in [-0.25, -0.2) is 4.79 Å². The fourth-order valence-corrected chi connectivity index (χ4v) is 1.37. The second kappa shape index (κ2) is 7.70. The minimum absolute atomic E-state index is 0.136. The Hall–Kier alpha value is -1.52. The molecule has 0 spiro atoms. The van der Waals surface area contributed by atoms with Crippen molar-refractivity contribution in [2.75, 3.05) is 6.54 Å². The molecule has 0 fully saturated rings. The normalized spacial score (nSPS) is 13.9. The van der Waals surface area contributed by atoms with Crippen molar-refractivity contribution in [2.24, 2.45) is 11.8 Å². The molecule has 0 saturated heterocycles. The van der Waals surface area contributed by atoms with E-state index in [4.69, 9.17) is 5.11 Å². The first-order valence-electron chi connectivity index (χ1n) is 5.76. The Bertz CT molecular complexity index is 277. The second-order valence-corrected chi connectivity index (χ2v) is 4.54. The minimum atomic E-state index is -0.879. The lowest BCUT2D eigenvalue weighted by atomic mass is 9.97. The number of carbonyl (C=O) groups is 2. The van der Waals surface area contributed by atoms with Gasteiger partial charge in [-0.3, -0.25) is 4.79 Å². The van der Waals surface area contributed by atoms with E-state index in [0.29, 0.717) is 6.42 Å². The standard InChI is InChI=1S/C12H22N2O3/c1-5-9(4)14-12(17)13-7-10(11(15)16)6-8(2)3/h5,8-10H,1,6-7H2,2-4H3,(H,15,16)(H2,13,14,17). The second-order valence-electron chi connectivity index (χ2n) is 4.54. The lowest BCUT2D eigenvalue weighted by Gasteiger charge is -2.16. The number of rotatable bonds is 7. The highest BCUT2D eigenvalue weighted by atomic mass is 16.4. The van der Waals surface area contributed by atoms with Gasteiger partial charge in [0.05, 0.1) is 5.92 Å². The highest BCUT2D eigenvalue weighted by Crippen LogP contribution is 2.10. The van der Waals surface area contributed by atoms with Crippen LogP contribution in [0, 0.1) is 11.8 Å². The zero-order valence-electron chi connectivity index (χ0n) is 10.7. The molecule has 5 heteroatoms. The first kappa shape index (κ1) is 15.5. The predicted molar refractivity (Wildman–Crippen MR) is 66.8 cm³/mol. The van der Waals surface area contributed by atoms with Crippen LogP contribution in [-0.4, -0.2) is 29.7 Å². The summed E-state index contributed by atoms with van der Waals surface area (Å²) in [7, 11) is 0. The van der Waals surface area contributed by atoms with Gasteiger partial charge in [-0.2, -0.15) is 0 Å². The molecule has 2 atom stereocenters. The van der Waals surface area contributed by atoms with Crippen LogP contribution < -0.4 is 10.6 Å². The number of hydrogen-bond donors (Lipinski definition) is 3. The number of hydrogen-bond acceptors (Lipinski definition) is 2. The van der Waals surface area contributed by atoms with E-state index in [9.17, 15) is 9.59 Å². The summed E-state index contributed by atoms with van der Waals surface area (Å²) in [6, 6.07) is -0.504. The predicted octanol–water partition coefficient (Wildman–Crippen LogP) is 1.61. The molecule has 0 aliphatic rings. The van der Waals surface area contributed by atoms with Gasteiger partial charge >= 0.3 is 12.0 Å². The molecule has 17 heavy (non-hydrogen) atoms. The monoisotopic (exact) mass is 242 g/mol. The molecular formula is C12H22N2O3. The highest BCUT2D eigenvalue weighted by Gasteiger charge is 2.19. The van der Waals surface area contributed by atoms with E-state index < -0.39 is 11.9 Å². The molecule has 0 bridgehead atoms. The largest absolute Gasteiger partial charge is 0.481 e. The van der Waals surface area contributed by atoms with E-state index >= 15 is 0 Å². The zero-order valence-corrected chi connectivity index (χ0v) is 10.7. The maximum absolute atomic E-state index is 11.4. The average molecular weight is 242 g/mol. The Morgan fingerprint density at radius 2 is 1.94 bits per heavy atom. The summed E-state index contributed by atoms with van der Waals surface area (Å²) >= 11 is 0. The summed E-state index contributed by atoms with van der Waals surface area (Å²) in [6.45, 7) is 9.38.